The van der Waals surface area contributed by atoms with Crippen molar-refractivity contribution in [1.29, 1.82) is 0 Å². The first kappa shape index (κ1) is 16.2. The molecule has 7 nitrogen and oxygen atoms in total. The van der Waals surface area contributed by atoms with E-state index >= 15 is 0 Å². The zero-order valence-corrected chi connectivity index (χ0v) is 12.3. The van der Waals surface area contributed by atoms with Crippen LogP contribution < -0.4 is 10.6 Å². The van der Waals surface area contributed by atoms with E-state index in [1.807, 2.05) is 0 Å². The Morgan fingerprint density at radius 2 is 2.05 bits per heavy atom. The van der Waals surface area contributed by atoms with Gasteiger partial charge in [-0.1, -0.05) is 0 Å². The van der Waals surface area contributed by atoms with Gasteiger partial charge in [0.2, 0.25) is 5.91 Å². The Labute approximate surface area is 125 Å². The molecule has 0 aliphatic carbocycles. The second kappa shape index (κ2) is 8.31. The van der Waals surface area contributed by atoms with Crippen molar-refractivity contribution in [3.8, 4) is 0 Å². The number of hydrogen-bond donors (Lipinski definition) is 3. The van der Waals surface area contributed by atoms with Crippen LogP contribution in [0.4, 0.5) is 0 Å². The molecule has 3 N–H and O–H groups in total. The summed E-state index contributed by atoms with van der Waals surface area (Å²) in [6, 6.07) is 0.473. The first-order valence-electron chi connectivity index (χ1n) is 7.72. The van der Waals surface area contributed by atoms with E-state index in [2.05, 4.69) is 15.5 Å². The summed E-state index contributed by atoms with van der Waals surface area (Å²) in [6.07, 6.45) is 4.18. The third-order valence-electron chi connectivity index (χ3n) is 4.15. The van der Waals surface area contributed by atoms with Crippen molar-refractivity contribution in [2.24, 2.45) is 0 Å². The van der Waals surface area contributed by atoms with Crippen LogP contribution in [0, 0.1) is 0 Å². The van der Waals surface area contributed by atoms with E-state index in [1.54, 1.807) is 0 Å². The molecule has 2 aliphatic rings. The molecular formula is C14H25N3O4. The van der Waals surface area contributed by atoms with Gasteiger partial charge in [-0.15, -0.1) is 0 Å². The summed E-state index contributed by atoms with van der Waals surface area (Å²) >= 11 is 0. The number of nitrogens with one attached hydrogen (secondary N) is 2. The van der Waals surface area contributed by atoms with E-state index in [9.17, 15) is 9.59 Å². The summed E-state index contributed by atoms with van der Waals surface area (Å²) in [6.45, 7) is 3.33. The number of likely N-dealkylation sites (tertiary alicyclic amines) is 1. The molecule has 0 aromatic heterocycles. The van der Waals surface area contributed by atoms with Crippen molar-refractivity contribution in [1.82, 2.24) is 15.5 Å². The molecule has 2 rings (SSSR count). The Morgan fingerprint density at radius 1 is 1.29 bits per heavy atom. The van der Waals surface area contributed by atoms with Crippen LogP contribution in [-0.2, 0) is 14.3 Å². The van der Waals surface area contributed by atoms with Crippen LogP contribution in [0.3, 0.4) is 0 Å². The lowest BCUT2D eigenvalue weighted by molar-refractivity contribution is -0.142. The number of aliphatic carboxylic acids is 1. The minimum atomic E-state index is -0.991. The highest BCUT2D eigenvalue weighted by Gasteiger charge is 2.35. The smallest absolute Gasteiger partial charge is 0.329 e. The summed E-state index contributed by atoms with van der Waals surface area (Å²) in [7, 11) is 0. The average Bonchev–Trinajstić information content (AvgIpc) is 2.97. The molecule has 1 amide bonds. The minimum Gasteiger partial charge on any atom is -0.480 e. The number of nitrogens with zero attached hydrogens (tertiary/aromatic N) is 1. The highest BCUT2D eigenvalue weighted by Crippen LogP contribution is 2.24. The van der Waals surface area contributed by atoms with Gasteiger partial charge in [0.25, 0.3) is 0 Å². The summed E-state index contributed by atoms with van der Waals surface area (Å²) in [5.41, 5.74) is 0. The number of carbonyl (C=O) groups excluding carboxylic acids is 1. The molecule has 2 fully saturated rings. The second-order valence-corrected chi connectivity index (χ2v) is 5.61. The van der Waals surface area contributed by atoms with Gasteiger partial charge < -0.3 is 20.5 Å². The Balaban J connectivity index is 1.71. The van der Waals surface area contributed by atoms with Crippen LogP contribution in [0.2, 0.25) is 0 Å². The van der Waals surface area contributed by atoms with Crippen molar-refractivity contribution in [3.05, 3.63) is 0 Å². The van der Waals surface area contributed by atoms with Gasteiger partial charge >= 0.3 is 5.97 Å². The highest BCUT2D eigenvalue weighted by molar-refractivity contribution is 5.82. The number of piperidine rings is 1. The molecule has 0 spiro atoms. The molecule has 0 bridgehead atoms. The second-order valence-electron chi connectivity index (χ2n) is 5.61. The van der Waals surface area contributed by atoms with Crippen LogP contribution in [0.15, 0.2) is 0 Å². The van der Waals surface area contributed by atoms with Crippen molar-refractivity contribution < 1.29 is 19.4 Å². The number of carbonyl (C=O) groups is 2. The first-order chi connectivity index (χ1) is 10.2. The fraction of sp³-hybridized carbons (Fsp3) is 0.857. The molecule has 21 heavy (non-hydrogen) atoms. The first-order valence-corrected chi connectivity index (χ1v) is 7.72. The number of rotatable bonds is 7. The molecule has 0 radical (unpaired) electrons. The number of amides is 1. The van der Waals surface area contributed by atoms with Crippen molar-refractivity contribution in [3.63, 3.8) is 0 Å². The maximum atomic E-state index is 12.3. The SMILES string of the molecule is O=C(O)COCCNC(=O)C1CCCN1C1CCNCC1. The van der Waals surface area contributed by atoms with Gasteiger partial charge in [-0.3, -0.25) is 9.69 Å². The van der Waals surface area contributed by atoms with E-state index < -0.39 is 5.97 Å². The molecule has 120 valence electrons. The van der Waals surface area contributed by atoms with Crippen LogP contribution in [0.1, 0.15) is 25.7 Å². The summed E-state index contributed by atoms with van der Waals surface area (Å²) in [5, 5.41) is 14.7. The molecule has 7 heteroatoms. The Bertz CT molecular complexity index is 358. The Kier molecular flexibility index (Phi) is 6.41. The molecule has 1 unspecified atom stereocenters. The number of carboxylic acids is 1. The molecule has 2 saturated heterocycles. The molecule has 0 aromatic rings. The minimum absolute atomic E-state index is 0.0347. The number of carboxylic acid groups (broad SMARTS) is 1. The van der Waals surface area contributed by atoms with Gasteiger partial charge in [-0.25, -0.2) is 4.79 Å². The van der Waals surface area contributed by atoms with Gasteiger partial charge in [0, 0.05) is 12.6 Å². The quantitative estimate of drug-likeness (QED) is 0.545. The predicted octanol–water partition coefficient (Wildman–Crippen LogP) is -0.580. The summed E-state index contributed by atoms with van der Waals surface area (Å²) in [5.74, 6) is -0.945. The van der Waals surface area contributed by atoms with Gasteiger partial charge in [0.05, 0.1) is 12.6 Å². The van der Waals surface area contributed by atoms with Crippen LogP contribution in [-0.4, -0.2) is 73.4 Å². The van der Waals surface area contributed by atoms with Gasteiger partial charge in [0.1, 0.15) is 6.61 Å². The maximum absolute atomic E-state index is 12.3. The summed E-state index contributed by atoms with van der Waals surface area (Å²) in [4.78, 5) is 24.9. The standard InChI is InChI=1S/C14H25N3O4/c18-13(19)10-21-9-7-16-14(20)12-2-1-8-17(12)11-3-5-15-6-4-11/h11-12,15H,1-10H2,(H,16,20)(H,18,19). The molecular weight excluding hydrogens is 274 g/mol. The van der Waals surface area contributed by atoms with Crippen molar-refractivity contribution >= 4 is 11.9 Å². The molecule has 0 aromatic carbocycles. The van der Waals surface area contributed by atoms with Gasteiger partial charge in [-0.05, 0) is 45.3 Å². The third-order valence-corrected chi connectivity index (χ3v) is 4.15. The van der Waals surface area contributed by atoms with E-state index in [0.29, 0.717) is 12.6 Å². The zero-order valence-electron chi connectivity index (χ0n) is 12.3. The number of ether oxygens (including phenoxy) is 1. The zero-order chi connectivity index (χ0) is 15.1. The molecule has 0 saturated carbocycles. The van der Waals surface area contributed by atoms with E-state index in [0.717, 1.165) is 45.3 Å². The topological polar surface area (TPSA) is 90.9 Å². The van der Waals surface area contributed by atoms with Crippen molar-refractivity contribution in [2.45, 2.75) is 37.8 Å². The van der Waals surface area contributed by atoms with Crippen LogP contribution >= 0.6 is 0 Å². The third kappa shape index (κ3) is 4.94. The number of hydrogen-bond acceptors (Lipinski definition) is 5. The fourth-order valence-electron chi connectivity index (χ4n) is 3.17. The monoisotopic (exact) mass is 299 g/mol. The lowest BCUT2D eigenvalue weighted by Crippen LogP contribution is -2.51. The molecule has 1 atom stereocenters. The van der Waals surface area contributed by atoms with Gasteiger partial charge in [0.15, 0.2) is 0 Å². The van der Waals surface area contributed by atoms with Crippen molar-refractivity contribution in [2.75, 3.05) is 39.4 Å². The van der Waals surface area contributed by atoms with Crippen LogP contribution in [0.25, 0.3) is 0 Å². The van der Waals surface area contributed by atoms with E-state index in [4.69, 9.17) is 9.84 Å². The Morgan fingerprint density at radius 3 is 2.76 bits per heavy atom. The van der Waals surface area contributed by atoms with Crippen LogP contribution in [0.5, 0.6) is 0 Å². The predicted molar refractivity (Wildman–Crippen MR) is 77.1 cm³/mol. The Hall–Kier alpha value is -1.18. The van der Waals surface area contributed by atoms with E-state index in [1.165, 1.54) is 0 Å². The maximum Gasteiger partial charge on any atom is 0.329 e. The fourth-order valence-corrected chi connectivity index (χ4v) is 3.17. The average molecular weight is 299 g/mol. The molecule has 2 aliphatic heterocycles. The highest BCUT2D eigenvalue weighted by atomic mass is 16.5. The lowest BCUT2D eigenvalue weighted by Gasteiger charge is -2.35. The normalized spacial score (nSPS) is 24.1. The van der Waals surface area contributed by atoms with E-state index in [-0.39, 0.29) is 25.2 Å². The lowest BCUT2D eigenvalue weighted by atomic mass is 10.0. The summed E-state index contributed by atoms with van der Waals surface area (Å²) < 4.78 is 4.92. The molecule has 2 heterocycles. The largest absolute Gasteiger partial charge is 0.480 e. The van der Waals surface area contributed by atoms with Gasteiger partial charge in [-0.2, -0.15) is 0 Å².